The predicted octanol–water partition coefficient (Wildman–Crippen LogP) is 2.63. The molecule has 2 fully saturated rings. The van der Waals surface area contributed by atoms with Crippen molar-refractivity contribution in [1.82, 2.24) is 9.80 Å². The fraction of sp³-hybridized carbons (Fsp3) is 0.800. The van der Waals surface area contributed by atoms with E-state index in [0.29, 0.717) is 0 Å². The number of alkyl halides is 1. The van der Waals surface area contributed by atoms with Gasteiger partial charge in [-0.3, -0.25) is 9.69 Å². The lowest BCUT2D eigenvalue weighted by molar-refractivity contribution is -0.117. The number of carbonyl (C=O) groups is 1. The van der Waals surface area contributed by atoms with Gasteiger partial charge in [0.1, 0.15) is 0 Å². The van der Waals surface area contributed by atoms with Crippen molar-refractivity contribution in [3.8, 4) is 0 Å². The molecule has 2 aliphatic heterocycles. The molecule has 1 saturated heterocycles. The molecule has 6 heteroatoms. The Kier molecular flexibility index (Phi) is 4.91. The summed E-state index contributed by atoms with van der Waals surface area (Å²) in [7, 11) is 0. The molecule has 116 valence electrons. The minimum atomic E-state index is -0.660. The van der Waals surface area contributed by atoms with Crippen LogP contribution in [0.25, 0.3) is 0 Å². The summed E-state index contributed by atoms with van der Waals surface area (Å²) in [5.74, 6) is 0.536. The lowest BCUT2D eigenvalue weighted by Crippen LogP contribution is -2.49. The van der Waals surface area contributed by atoms with E-state index in [0.717, 1.165) is 37.8 Å². The van der Waals surface area contributed by atoms with Crippen molar-refractivity contribution in [2.24, 2.45) is 16.1 Å². The molecule has 0 aromatic heterocycles. The summed E-state index contributed by atoms with van der Waals surface area (Å²) < 4.78 is 0. The summed E-state index contributed by atoms with van der Waals surface area (Å²) in [5, 5.41) is 6.58. The second kappa shape index (κ2) is 6.88. The number of piperazine rings is 1. The third kappa shape index (κ3) is 3.64. The highest BCUT2D eigenvalue weighted by Crippen LogP contribution is 2.26. The van der Waals surface area contributed by atoms with Gasteiger partial charge in [0.15, 0.2) is 5.38 Å². The van der Waals surface area contributed by atoms with E-state index < -0.39 is 5.38 Å². The molecular formula is C15H23ClN4O. The first-order valence-electron chi connectivity index (χ1n) is 8.00. The van der Waals surface area contributed by atoms with Crippen LogP contribution in [-0.4, -0.2) is 53.8 Å². The molecule has 0 spiro atoms. The van der Waals surface area contributed by atoms with Gasteiger partial charge < -0.3 is 4.90 Å². The number of nitrogens with zero attached hydrogens (tertiary/aromatic N) is 4. The summed E-state index contributed by atoms with van der Waals surface area (Å²) in [4.78, 5) is 16.2. The fourth-order valence-electron chi connectivity index (χ4n) is 3.55. The van der Waals surface area contributed by atoms with Crippen LogP contribution in [0.5, 0.6) is 0 Å². The molecule has 1 amide bonds. The molecule has 1 unspecified atom stereocenters. The number of halogens is 1. The van der Waals surface area contributed by atoms with Gasteiger partial charge in [-0.25, -0.2) is 0 Å². The monoisotopic (exact) mass is 310 g/mol. The van der Waals surface area contributed by atoms with E-state index in [9.17, 15) is 4.79 Å². The lowest BCUT2D eigenvalue weighted by Gasteiger charge is -2.39. The van der Waals surface area contributed by atoms with Gasteiger partial charge in [-0.15, -0.1) is 16.7 Å². The fourth-order valence-corrected chi connectivity index (χ4v) is 3.79. The second-order valence-corrected chi connectivity index (χ2v) is 6.70. The maximum Gasteiger partial charge on any atom is 0.288 e. The molecule has 5 nitrogen and oxygen atoms in total. The summed E-state index contributed by atoms with van der Waals surface area (Å²) >= 11 is 6.13. The maximum absolute atomic E-state index is 11.5. The molecule has 1 atom stereocenters. The van der Waals surface area contributed by atoms with Gasteiger partial charge in [-0.2, -0.15) is 5.11 Å². The minimum Gasteiger partial charge on any atom is -0.369 e. The van der Waals surface area contributed by atoms with Crippen molar-refractivity contribution in [2.75, 3.05) is 32.7 Å². The van der Waals surface area contributed by atoms with Crippen LogP contribution in [0.3, 0.4) is 0 Å². The Bertz CT molecular complexity index is 437. The van der Waals surface area contributed by atoms with E-state index in [-0.39, 0.29) is 5.91 Å². The molecule has 3 aliphatic rings. The second-order valence-electron chi connectivity index (χ2n) is 6.26. The number of hydrogen-bond acceptors (Lipinski definition) is 4. The summed E-state index contributed by atoms with van der Waals surface area (Å²) in [6.45, 7) is 5.16. The topological polar surface area (TPSA) is 48.3 Å². The van der Waals surface area contributed by atoms with Crippen LogP contribution in [-0.2, 0) is 4.79 Å². The van der Waals surface area contributed by atoms with Crippen molar-refractivity contribution in [3.05, 3.63) is 11.9 Å². The van der Waals surface area contributed by atoms with Crippen LogP contribution in [0.15, 0.2) is 22.1 Å². The molecule has 1 saturated carbocycles. The van der Waals surface area contributed by atoms with Crippen LogP contribution in [0.2, 0.25) is 0 Å². The molecule has 0 N–H and O–H groups in total. The molecule has 1 aliphatic carbocycles. The van der Waals surface area contributed by atoms with Crippen LogP contribution < -0.4 is 0 Å². The zero-order valence-electron chi connectivity index (χ0n) is 12.4. The van der Waals surface area contributed by atoms with E-state index in [2.05, 4.69) is 20.0 Å². The van der Waals surface area contributed by atoms with Gasteiger partial charge >= 0.3 is 0 Å². The standard InChI is InChI=1S/C15H23ClN4O/c16-14-13(10-17-18-15(14)21)20-8-6-19(7-9-20)11-12-4-2-1-3-5-12/h10,12,14H,1-9,11H2. The third-order valence-electron chi connectivity index (χ3n) is 4.80. The number of amides is 1. The van der Waals surface area contributed by atoms with Crippen molar-refractivity contribution in [2.45, 2.75) is 37.5 Å². The molecular weight excluding hydrogens is 288 g/mol. The smallest absolute Gasteiger partial charge is 0.288 e. The predicted molar refractivity (Wildman–Crippen MR) is 82.2 cm³/mol. The Morgan fingerprint density at radius 1 is 1.14 bits per heavy atom. The summed E-state index contributed by atoms with van der Waals surface area (Å²) in [6.07, 6.45) is 8.64. The highest BCUT2D eigenvalue weighted by Gasteiger charge is 2.30. The Balaban J connectivity index is 1.49. The van der Waals surface area contributed by atoms with E-state index in [1.165, 1.54) is 38.6 Å². The Labute approximate surface area is 131 Å². The number of carbonyl (C=O) groups excluding carboxylic acids is 1. The zero-order valence-corrected chi connectivity index (χ0v) is 13.1. The average Bonchev–Trinajstić information content (AvgIpc) is 2.52. The van der Waals surface area contributed by atoms with E-state index in [1.54, 1.807) is 6.20 Å². The van der Waals surface area contributed by atoms with Gasteiger partial charge in [0, 0.05) is 32.7 Å². The van der Waals surface area contributed by atoms with E-state index in [1.807, 2.05) is 0 Å². The first-order chi connectivity index (χ1) is 10.2. The Morgan fingerprint density at radius 3 is 2.57 bits per heavy atom. The Morgan fingerprint density at radius 2 is 1.86 bits per heavy atom. The molecule has 0 aromatic carbocycles. The maximum atomic E-state index is 11.5. The van der Waals surface area contributed by atoms with E-state index >= 15 is 0 Å². The van der Waals surface area contributed by atoms with Crippen LogP contribution in [0.1, 0.15) is 32.1 Å². The van der Waals surface area contributed by atoms with Gasteiger partial charge in [0.05, 0.1) is 11.9 Å². The van der Waals surface area contributed by atoms with Crippen molar-refractivity contribution < 1.29 is 4.79 Å². The van der Waals surface area contributed by atoms with Crippen molar-refractivity contribution in [1.29, 1.82) is 0 Å². The quantitative estimate of drug-likeness (QED) is 0.753. The highest BCUT2D eigenvalue weighted by atomic mass is 35.5. The molecule has 0 bridgehead atoms. The molecule has 3 rings (SSSR count). The van der Waals surface area contributed by atoms with Gasteiger partial charge in [0.2, 0.25) is 0 Å². The highest BCUT2D eigenvalue weighted by molar-refractivity contribution is 6.33. The number of rotatable bonds is 3. The first-order valence-corrected chi connectivity index (χ1v) is 8.44. The first kappa shape index (κ1) is 15.0. The average molecular weight is 311 g/mol. The minimum absolute atomic E-state index is 0.348. The lowest BCUT2D eigenvalue weighted by atomic mass is 9.89. The summed E-state index contributed by atoms with van der Waals surface area (Å²) in [6, 6.07) is 0. The normalized spacial score (nSPS) is 28.8. The third-order valence-corrected chi connectivity index (χ3v) is 5.21. The van der Waals surface area contributed by atoms with Crippen molar-refractivity contribution >= 4 is 17.5 Å². The van der Waals surface area contributed by atoms with Gasteiger partial charge in [-0.05, 0) is 18.8 Å². The van der Waals surface area contributed by atoms with Crippen LogP contribution >= 0.6 is 11.6 Å². The molecule has 0 aromatic rings. The Hall–Kier alpha value is -0.940. The number of hydrogen-bond donors (Lipinski definition) is 0. The van der Waals surface area contributed by atoms with E-state index in [4.69, 9.17) is 11.6 Å². The molecule has 0 radical (unpaired) electrons. The van der Waals surface area contributed by atoms with Crippen LogP contribution in [0, 0.1) is 5.92 Å². The molecule has 21 heavy (non-hydrogen) atoms. The summed E-state index contributed by atoms with van der Waals surface area (Å²) in [5.41, 5.74) is 0.814. The van der Waals surface area contributed by atoms with Crippen LogP contribution in [0.4, 0.5) is 0 Å². The largest absolute Gasteiger partial charge is 0.369 e. The zero-order chi connectivity index (χ0) is 14.7. The number of azo groups is 1. The van der Waals surface area contributed by atoms with Gasteiger partial charge in [-0.1, -0.05) is 19.3 Å². The van der Waals surface area contributed by atoms with Gasteiger partial charge in [0.25, 0.3) is 5.91 Å². The molecule has 2 heterocycles. The van der Waals surface area contributed by atoms with Crippen molar-refractivity contribution in [3.63, 3.8) is 0 Å². The SMILES string of the molecule is O=C1N=NC=C(N2CCN(CC3CCCCC3)CC2)C1Cl.